The van der Waals surface area contributed by atoms with E-state index in [2.05, 4.69) is 5.32 Å². The van der Waals surface area contributed by atoms with Gasteiger partial charge in [0, 0.05) is 5.56 Å². The molecule has 0 unspecified atom stereocenters. The van der Waals surface area contributed by atoms with Crippen molar-refractivity contribution < 1.29 is 23.9 Å². The van der Waals surface area contributed by atoms with Crippen molar-refractivity contribution in [3.63, 3.8) is 0 Å². The summed E-state index contributed by atoms with van der Waals surface area (Å²) in [7, 11) is 0. The van der Waals surface area contributed by atoms with Crippen LogP contribution in [-0.4, -0.2) is 29.7 Å². The maximum atomic E-state index is 14.2. The lowest BCUT2D eigenvalue weighted by molar-refractivity contribution is -0.145. The molecule has 4 rings (SSSR count). The largest absolute Gasteiger partial charge is 0.449 e. The van der Waals surface area contributed by atoms with Crippen molar-refractivity contribution in [3.05, 3.63) is 74.7 Å². The normalized spacial score (nSPS) is 22.1. The molecule has 0 saturated carbocycles. The monoisotopic (exact) mass is 522 g/mol. The lowest BCUT2D eigenvalue weighted by Crippen LogP contribution is -2.60. The zero-order chi connectivity index (χ0) is 24.8. The number of benzene rings is 2. The number of esters is 1. The van der Waals surface area contributed by atoms with Gasteiger partial charge in [0.05, 0.1) is 22.3 Å². The number of nitrogens with one attached hydrogen (secondary N) is 1. The molecule has 7 nitrogen and oxygen atoms in total. The topological polar surface area (TPSA) is 84.9 Å². The van der Waals surface area contributed by atoms with Gasteiger partial charge in [0.15, 0.2) is 11.6 Å². The van der Waals surface area contributed by atoms with Crippen molar-refractivity contribution in [2.45, 2.75) is 44.6 Å². The van der Waals surface area contributed by atoms with E-state index in [4.69, 9.17) is 44.3 Å². The van der Waals surface area contributed by atoms with E-state index in [1.807, 2.05) is 30.3 Å². The van der Waals surface area contributed by atoms with Crippen molar-refractivity contribution in [3.8, 4) is 0 Å². The first-order valence-electron chi connectivity index (χ1n) is 10.4. The fraction of sp³-hybridized carbons (Fsp3) is 0.292. The SMILES string of the molecule is CC(C)(C)OC(=O)N[C@]1([C@H]2OC(=O)C(Cl)=C2Cl)C(=O)N(Cc2ccccc2)c2c(Cl)cccc21. The Morgan fingerprint density at radius 1 is 1.09 bits per heavy atom. The number of ether oxygens (including phenoxy) is 2. The number of alkyl carbamates (subject to hydrolysis) is 1. The van der Waals surface area contributed by atoms with Crippen molar-refractivity contribution in [1.82, 2.24) is 5.32 Å². The number of fused-ring (bicyclic) bond motifs is 1. The molecule has 0 radical (unpaired) electrons. The van der Waals surface area contributed by atoms with Crippen LogP contribution in [0.2, 0.25) is 5.02 Å². The van der Waals surface area contributed by atoms with Crippen molar-refractivity contribution in [2.75, 3.05) is 4.90 Å². The Kier molecular flexibility index (Phi) is 6.31. The van der Waals surface area contributed by atoms with E-state index in [0.717, 1.165) is 5.56 Å². The smallest absolute Gasteiger partial charge is 0.408 e. The minimum Gasteiger partial charge on any atom is -0.449 e. The number of hydrogen-bond donors (Lipinski definition) is 1. The zero-order valence-electron chi connectivity index (χ0n) is 18.5. The number of nitrogens with zero attached hydrogens (tertiary/aromatic N) is 1. The van der Waals surface area contributed by atoms with Crippen molar-refractivity contribution >= 4 is 58.5 Å². The van der Waals surface area contributed by atoms with Gasteiger partial charge in [0.25, 0.3) is 5.91 Å². The highest BCUT2D eigenvalue weighted by Crippen LogP contribution is 2.51. The Bertz CT molecular complexity index is 1210. The van der Waals surface area contributed by atoms with Gasteiger partial charge in [0.2, 0.25) is 0 Å². The second kappa shape index (κ2) is 8.80. The lowest BCUT2D eigenvalue weighted by atomic mass is 9.85. The summed E-state index contributed by atoms with van der Waals surface area (Å²) < 4.78 is 10.9. The average Bonchev–Trinajstić information content (AvgIpc) is 3.15. The van der Waals surface area contributed by atoms with E-state index >= 15 is 0 Å². The number of amides is 2. The van der Waals surface area contributed by atoms with Gasteiger partial charge in [-0.2, -0.15) is 0 Å². The molecule has 2 atom stereocenters. The molecule has 2 aromatic carbocycles. The lowest BCUT2D eigenvalue weighted by Gasteiger charge is -2.35. The minimum atomic E-state index is -1.96. The van der Waals surface area contributed by atoms with Crippen LogP contribution in [0.1, 0.15) is 31.9 Å². The van der Waals surface area contributed by atoms with Crippen LogP contribution < -0.4 is 10.2 Å². The molecule has 0 aromatic heterocycles. The number of rotatable bonds is 4. The first-order chi connectivity index (χ1) is 16.0. The Hall–Kier alpha value is -2.74. The summed E-state index contributed by atoms with van der Waals surface area (Å²) in [5.41, 5.74) is -1.34. The van der Waals surface area contributed by atoms with Gasteiger partial charge < -0.3 is 14.4 Å². The van der Waals surface area contributed by atoms with Crippen LogP contribution in [0.4, 0.5) is 10.5 Å². The molecule has 178 valence electrons. The predicted octanol–water partition coefficient (Wildman–Crippen LogP) is 5.22. The number of cyclic esters (lactones) is 1. The van der Waals surface area contributed by atoms with Gasteiger partial charge >= 0.3 is 12.1 Å². The number of carbonyl (C=O) groups excluding carboxylic acids is 3. The first kappa shape index (κ1) is 24.4. The quantitative estimate of drug-likeness (QED) is 0.555. The summed E-state index contributed by atoms with van der Waals surface area (Å²) in [6.45, 7) is 5.19. The van der Waals surface area contributed by atoms with Gasteiger partial charge in [-0.25, -0.2) is 9.59 Å². The third-order valence-corrected chi connectivity index (χ3v) is 6.53. The van der Waals surface area contributed by atoms with Crippen LogP contribution in [0.15, 0.2) is 58.6 Å². The van der Waals surface area contributed by atoms with Gasteiger partial charge in [-0.1, -0.05) is 77.3 Å². The molecule has 1 N–H and O–H groups in total. The highest BCUT2D eigenvalue weighted by atomic mass is 35.5. The Morgan fingerprint density at radius 3 is 2.35 bits per heavy atom. The van der Waals surface area contributed by atoms with E-state index in [9.17, 15) is 14.4 Å². The molecule has 2 aliphatic rings. The second-order valence-corrected chi connectivity index (χ2v) is 10.1. The van der Waals surface area contributed by atoms with Crippen LogP contribution in [0.5, 0.6) is 0 Å². The number of anilines is 1. The second-order valence-electron chi connectivity index (χ2n) is 8.90. The van der Waals surface area contributed by atoms with Gasteiger partial charge in [-0.3, -0.25) is 10.1 Å². The van der Waals surface area contributed by atoms with E-state index in [1.54, 1.807) is 39.0 Å². The van der Waals surface area contributed by atoms with E-state index in [1.165, 1.54) is 4.90 Å². The van der Waals surface area contributed by atoms with Gasteiger partial charge in [-0.15, -0.1) is 0 Å². The summed E-state index contributed by atoms with van der Waals surface area (Å²) in [4.78, 5) is 40.9. The summed E-state index contributed by atoms with van der Waals surface area (Å²) in [6, 6.07) is 14.1. The summed E-state index contributed by atoms with van der Waals surface area (Å²) >= 11 is 19.0. The molecule has 2 amide bonds. The Labute approximate surface area is 211 Å². The third-order valence-electron chi connectivity index (χ3n) is 5.38. The fourth-order valence-corrected chi connectivity index (χ4v) is 4.77. The third kappa shape index (κ3) is 4.13. The molecule has 0 spiro atoms. The summed E-state index contributed by atoms with van der Waals surface area (Å²) in [6.07, 6.45) is -2.33. The van der Waals surface area contributed by atoms with E-state index < -0.39 is 35.2 Å². The van der Waals surface area contributed by atoms with Crippen molar-refractivity contribution in [2.24, 2.45) is 0 Å². The van der Waals surface area contributed by atoms with Crippen molar-refractivity contribution in [1.29, 1.82) is 0 Å². The maximum Gasteiger partial charge on any atom is 0.408 e. The highest BCUT2D eigenvalue weighted by Gasteiger charge is 2.62. The molecular formula is C24H21Cl3N2O5. The molecule has 10 heteroatoms. The molecular weight excluding hydrogens is 503 g/mol. The molecule has 0 fully saturated rings. The predicted molar refractivity (Wildman–Crippen MR) is 129 cm³/mol. The standard InChI is InChI=1S/C24H21Cl3N2O5/c1-23(2,3)34-22(32)28-24(19-16(26)17(27)20(30)33-19)14-10-7-11-15(25)18(14)29(21(24)31)12-13-8-5-4-6-9-13/h4-11,19H,12H2,1-3H3,(H,28,32)/t19-,24+/m0/s1. The zero-order valence-corrected chi connectivity index (χ0v) is 20.8. The number of carbonyl (C=O) groups is 3. The Morgan fingerprint density at radius 2 is 1.76 bits per heavy atom. The highest BCUT2D eigenvalue weighted by molar-refractivity contribution is 6.49. The van der Waals surface area contributed by atoms with Crippen LogP contribution in [-0.2, 0) is 31.1 Å². The summed E-state index contributed by atoms with van der Waals surface area (Å²) in [5, 5.41) is 2.34. The maximum absolute atomic E-state index is 14.2. The molecule has 0 aliphatic carbocycles. The number of para-hydroxylation sites is 1. The first-order valence-corrected chi connectivity index (χ1v) is 11.5. The van der Waals surface area contributed by atoms with Crippen LogP contribution in [0.25, 0.3) is 0 Å². The molecule has 34 heavy (non-hydrogen) atoms. The van der Waals surface area contributed by atoms with Crippen LogP contribution in [0.3, 0.4) is 0 Å². The van der Waals surface area contributed by atoms with Gasteiger partial charge in [0.1, 0.15) is 10.6 Å². The Balaban J connectivity index is 1.90. The molecule has 0 saturated heterocycles. The minimum absolute atomic E-state index is 0.143. The van der Waals surface area contributed by atoms with Crippen LogP contribution >= 0.6 is 34.8 Å². The number of hydrogen-bond acceptors (Lipinski definition) is 5. The van der Waals surface area contributed by atoms with E-state index in [0.29, 0.717) is 11.3 Å². The molecule has 0 bridgehead atoms. The molecule has 2 aromatic rings. The average molecular weight is 524 g/mol. The fourth-order valence-electron chi connectivity index (χ4n) is 4.06. The summed E-state index contributed by atoms with van der Waals surface area (Å²) in [5.74, 6) is -1.51. The molecule has 2 aliphatic heterocycles. The van der Waals surface area contributed by atoms with Gasteiger partial charge in [-0.05, 0) is 32.4 Å². The van der Waals surface area contributed by atoms with Crippen LogP contribution in [0, 0.1) is 0 Å². The van der Waals surface area contributed by atoms with E-state index in [-0.39, 0.29) is 21.6 Å². The molecule has 2 heterocycles. The number of halogens is 3.